The minimum Gasteiger partial charge on any atom is -0.312 e. The van der Waals surface area contributed by atoms with E-state index in [0.717, 1.165) is 13.0 Å². The van der Waals surface area contributed by atoms with Crippen LogP contribution in [0.4, 0.5) is 0 Å². The van der Waals surface area contributed by atoms with Crippen LogP contribution in [-0.2, 0) is 6.42 Å². The molecule has 1 aromatic rings. The molecular weight excluding hydrogens is 240 g/mol. The van der Waals surface area contributed by atoms with Gasteiger partial charge in [0.25, 0.3) is 0 Å². The number of rotatable bonds is 4. The van der Waals surface area contributed by atoms with Crippen molar-refractivity contribution in [2.75, 3.05) is 6.54 Å². The van der Waals surface area contributed by atoms with Gasteiger partial charge in [-0.2, -0.15) is 0 Å². The lowest BCUT2D eigenvalue weighted by Gasteiger charge is -2.33. The van der Waals surface area contributed by atoms with Gasteiger partial charge in [-0.05, 0) is 52.0 Å². The van der Waals surface area contributed by atoms with E-state index in [2.05, 4.69) is 58.8 Å². The number of aromatic nitrogens is 1. The molecule has 2 nitrogen and oxygen atoms in total. The molecule has 0 aliphatic heterocycles. The average Bonchev–Trinajstić information content (AvgIpc) is 2.55. The second-order valence-electron chi connectivity index (χ2n) is 7.24. The van der Waals surface area contributed by atoms with Crippen molar-refractivity contribution in [1.29, 1.82) is 0 Å². The summed E-state index contributed by atoms with van der Waals surface area (Å²) in [6, 6.07) is 0. The molecule has 0 aromatic carbocycles. The highest BCUT2D eigenvalue weighted by atomic mass is 32.1. The summed E-state index contributed by atoms with van der Waals surface area (Å²) in [5.41, 5.74) is 0.503. The Morgan fingerprint density at radius 3 is 2.22 bits per heavy atom. The van der Waals surface area contributed by atoms with Gasteiger partial charge in [-0.3, -0.25) is 0 Å². The normalized spacial score (nSPS) is 14.8. The van der Waals surface area contributed by atoms with Crippen LogP contribution < -0.4 is 5.32 Å². The van der Waals surface area contributed by atoms with Crippen molar-refractivity contribution < 1.29 is 0 Å². The molecule has 1 heterocycles. The van der Waals surface area contributed by atoms with Gasteiger partial charge in [-0.1, -0.05) is 20.8 Å². The Morgan fingerprint density at radius 1 is 1.22 bits per heavy atom. The fourth-order valence-electron chi connectivity index (χ4n) is 1.86. The van der Waals surface area contributed by atoms with E-state index in [1.807, 2.05) is 17.5 Å². The molecule has 0 radical (unpaired) electrons. The van der Waals surface area contributed by atoms with E-state index < -0.39 is 0 Å². The predicted octanol–water partition coefficient (Wildman–Crippen LogP) is 4.04. The summed E-state index contributed by atoms with van der Waals surface area (Å²) in [5.74, 6) is 0.636. The number of nitrogens with zero attached hydrogens (tertiary/aromatic N) is 1. The Hall–Kier alpha value is -0.410. The summed E-state index contributed by atoms with van der Waals surface area (Å²) in [6.07, 6.45) is 3.16. The van der Waals surface area contributed by atoms with Crippen molar-refractivity contribution in [2.45, 2.75) is 60.4 Å². The maximum absolute atomic E-state index is 4.36. The van der Waals surface area contributed by atoms with Gasteiger partial charge in [0.15, 0.2) is 0 Å². The Bertz CT molecular complexity index is 369. The maximum Gasteiger partial charge on any atom is 0.0896 e. The molecule has 1 unspecified atom stereocenters. The standard InChI is InChI=1S/C15H28N2S/c1-11-16-10-13(18-11)8-12(14(2,3)4)9-17-15(5,6)7/h10,12,17H,8-9H2,1-7H3. The highest BCUT2D eigenvalue weighted by molar-refractivity contribution is 7.11. The number of aryl methyl sites for hydroxylation is 1. The zero-order chi connectivity index (χ0) is 14.0. The van der Waals surface area contributed by atoms with Gasteiger partial charge in [0.1, 0.15) is 0 Å². The second-order valence-corrected chi connectivity index (χ2v) is 8.56. The quantitative estimate of drug-likeness (QED) is 0.891. The lowest BCUT2D eigenvalue weighted by molar-refractivity contribution is 0.215. The van der Waals surface area contributed by atoms with Crippen LogP contribution in [0.25, 0.3) is 0 Å². The maximum atomic E-state index is 4.36. The molecule has 104 valence electrons. The molecule has 0 aliphatic carbocycles. The molecule has 0 saturated heterocycles. The van der Waals surface area contributed by atoms with Crippen molar-refractivity contribution >= 4 is 11.3 Å². The molecule has 0 saturated carbocycles. The van der Waals surface area contributed by atoms with Gasteiger partial charge in [0.2, 0.25) is 0 Å². The zero-order valence-corrected chi connectivity index (χ0v) is 13.7. The lowest BCUT2D eigenvalue weighted by Crippen LogP contribution is -2.42. The topological polar surface area (TPSA) is 24.9 Å². The lowest BCUT2D eigenvalue weighted by atomic mass is 9.78. The minimum absolute atomic E-state index is 0.188. The molecule has 1 rings (SSSR count). The minimum atomic E-state index is 0.188. The second kappa shape index (κ2) is 5.70. The van der Waals surface area contributed by atoms with Crippen molar-refractivity contribution in [1.82, 2.24) is 10.3 Å². The number of thiazole rings is 1. The molecule has 0 amide bonds. The van der Waals surface area contributed by atoms with Crippen LogP contribution in [0.5, 0.6) is 0 Å². The summed E-state index contributed by atoms with van der Waals surface area (Å²) < 4.78 is 0. The molecule has 1 aromatic heterocycles. The van der Waals surface area contributed by atoms with Crippen LogP contribution in [0, 0.1) is 18.3 Å². The molecular formula is C15H28N2S. The first-order valence-corrected chi connectivity index (χ1v) is 7.56. The Balaban J connectivity index is 2.68. The van der Waals surface area contributed by atoms with Crippen LogP contribution in [-0.4, -0.2) is 17.1 Å². The SMILES string of the molecule is Cc1ncc(CC(CNC(C)(C)C)C(C)(C)C)s1. The average molecular weight is 268 g/mol. The van der Waals surface area contributed by atoms with E-state index in [1.54, 1.807) is 0 Å². The summed E-state index contributed by atoms with van der Waals surface area (Å²) in [6.45, 7) is 16.8. The number of hydrogen-bond donors (Lipinski definition) is 1. The predicted molar refractivity (Wildman–Crippen MR) is 81.3 cm³/mol. The molecule has 0 aliphatic rings. The zero-order valence-electron chi connectivity index (χ0n) is 12.9. The van der Waals surface area contributed by atoms with Gasteiger partial charge in [-0.25, -0.2) is 4.98 Å². The molecule has 0 bridgehead atoms. The smallest absolute Gasteiger partial charge is 0.0896 e. The first-order chi connectivity index (χ1) is 8.08. The summed E-state index contributed by atoms with van der Waals surface area (Å²) in [7, 11) is 0. The van der Waals surface area contributed by atoms with E-state index in [9.17, 15) is 0 Å². The molecule has 1 N–H and O–H groups in total. The molecule has 0 fully saturated rings. The van der Waals surface area contributed by atoms with Crippen LogP contribution in [0.15, 0.2) is 6.20 Å². The monoisotopic (exact) mass is 268 g/mol. The highest BCUT2D eigenvalue weighted by Gasteiger charge is 2.26. The van der Waals surface area contributed by atoms with Crippen molar-refractivity contribution in [2.24, 2.45) is 11.3 Å². The summed E-state index contributed by atoms with van der Waals surface area (Å²) in [4.78, 5) is 5.76. The van der Waals surface area contributed by atoms with Gasteiger partial charge >= 0.3 is 0 Å². The molecule has 0 spiro atoms. The van der Waals surface area contributed by atoms with Crippen LogP contribution in [0.2, 0.25) is 0 Å². The Labute approximate surface area is 116 Å². The third-order valence-corrected chi connectivity index (χ3v) is 4.16. The summed E-state index contributed by atoms with van der Waals surface area (Å²) >= 11 is 1.83. The Kier molecular flexibility index (Phi) is 4.96. The van der Waals surface area contributed by atoms with Crippen LogP contribution in [0.3, 0.4) is 0 Å². The Morgan fingerprint density at radius 2 is 1.83 bits per heavy atom. The van der Waals surface area contributed by atoms with E-state index in [1.165, 1.54) is 9.88 Å². The van der Waals surface area contributed by atoms with E-state index >= 15 is 0 Å². The third-order valence-electron chi connectivity index (χ3n) is 3.22. The molecule has 1 atom stereocenters. The van der Waals surface area contributed by atoms with Gasteiger partial charge in [-0.15, -0.1) is 11.3 Å². The van der Waals surface area contributed by atoms with Gasteiger partial charge in [0.05, 0.1) is 5.01 Å². The number of nitrogens with one attached hydrogen (secondary N) is 1. The van der Waals surface area contributed by atoms with Crippen molar-refractivity contribution in [3.05, 3.63) is 16.1 Å². The largest absolute Gasteiger partial charge is 0.312 e. The van der Waals surface area contributed by atoms with Crippen LogP contribution in [0.1, 0.15) is 51.4 Å². The van der Waals surface area contributed by atoms with Crippen molar-refractivity contribution in [3.8, 4) is 0 Å². The van der Waals surface area contributed by atoms with Crippen LogP contribution >= 0.6 is 11.3 Å². The fraction of sp³-hybridized carbons (Fsp3) is 0.800. The first-order valence-electron chi connectivity index (χ1n) is 6.74. The van der Waals surface area contributed by atoms with E-state index in [0.29, 0.717) is 11.3 Å². The van der Waals surface area contributed by atoms with E-state index in [4.69, 9.17) is 0 Å². The molecule has 18 heavy (non-hydrogen) atoms. The first kappa shape index (κ1) is 15.6. The summed E-state index contributed by atoms with van der Waals surface area (Å²) in [5, 5.41) is 4.81. The van der Waals surface area contributed by atoms with Gasteiger partial charge < -0.3 is 5.32 Å². The third kappa shape index (κ3) is 5.49. The highest BCUT2D eigenvalue weighted by Crippen LogP contribution is 2.30. The van der Waals surface area contributed by atoms with Crippen molar-refractivity contribution in [3.63, 3.8) is 0 Å². The fourth-order valence-corrected chi connectivity index (χ4v) is 2.73. The van der Waals surface area contributed by atoms with E-state index in [-0.39, 0.29) is 5.54 Å². The molecule has 3 heteroatoms. The number of hydrogen-bond acceptors (Lipinski definition) is 3. The van der Waals surface area contributed by atoms with Gasteiger partial charge in [0, 0.05) is 16.6 Å².